The lowest BCUT2D eigenvalue weighted by molar-refractivity contribution is -0.277. The van der Waals surface area contributed by atoms with Crippen LogP contribution in [-0.4, -0.2) is 86.2 Å². The Bertz CT molecular complexity index is 990. The molecule has 1 aliphatic heterocycles. The summed E-state index contributed by atoms with van der Waals surface area (Å²) in [5, 5.41) is 40.0. The predicted octanol–water partition coefficient (Wildman–Crippen LogP) is 1.07. The summed E-state index contributed by atoms with van der Waals surface area (Å²) in [6.45, 7) is -0.573. The third kappa shape index (κ3) is 5.37. The van der Waals surface area contributed by atoms with E-state index in [1.165, 1.54) is 14.2 Å². The smallest absolute Gasteiger partial charge is 0.229 e. The SMILES string of the molecule is COc1cc(/C=C/c2ccc(OC)c(OC)c2)c(O[C@H]2O[C@H](CO)[C@H](O)[C@H](O)[C@H]2O)c(OC)c1. The number of rotatable bonds is 9. The van der Waals surface area contributed by atoms with E-state index in [9.17, 15) is 20.4 Å². The summed E-state index contributed by atoms with van der Waals surface area (Å²) in [7, 11) is 6.05. The highest BCUT2D eigenvalue weighted by Gasteiger charge is 2.45. The van der Waals surface area contributed by atoms with Crippen molar-refractivity contribution in [1.82, 2.24) is 0 Å². The monoisotopic (exact) mass is 478 g/mol. The van der Waals surface area contributed by atoms with Gasteiger partial charge < -0.3 is 48.8 Å². The van der Waals surface area contributed by atoms with Crippen LogP contribution in [0.25, 0.3) is 12.2 Å². The molecular formula is C24H30O10. The summed E-state index contributed by atoms with van der Waals surface area (Å²) in [5.41, 5.74) is 1.32. The number of methoxy groups -OCH3 is 4. The van der Waals surface area contributed by atoms with E-state index in [0.29, 0.717) is 22.8 Å². The fourth-order valence-corrected chi connectivity index (χ4v) is 3.54. The molecule has 0 bridgehead atoms. The maximum Gasteiger partial charge on any atom is 0.229 e. The van der Waals surface area contributed by atoms with Gasteiger partial charge in [0.05, 0.1) is 35.0 Å². The number of benzene rings is 2. The molecule has 2 aromatic carbocycles. The topological polar surface area (TPSA) is 136 Å². The molecule has 0 unspecified atom stereocenters. The molecular weight excluding hydrogens is 448 g/mol. The fourth-order valence-electron chi connectivity index (χ4n) is 3.54. The summed E-state index contributed by atoms with van der Waals surface area (Å²) in [5.74, 6) is 2.12. The Morgan fingerprint density at radius 3 is 2.12 bits per heavy atom. The van der Waals surface area contributed by atoms with E-state index in [2.05, 4.69) is 0 Å². The molecule has 2 aromatic rings. The van der Waals surface area contributed by atoms with E-state index < -0.39 is 37.3 Å². The number of aliphatic hydroxyl groups excluding tert-OH is 4. The first-order valence-electron chi connectivity index (χ1n) is 10.5. The number of aliphatic hydroxyl groups is 4. The fraction of sp³-hybridized carbons (Fsp3) is 0.417. The third-order valence-electron chi connectivity index (χ3n) is 5.46. The van der Waals surface area contributed by atoms with E-state index in [0.717, 1.165) is 5.56 Å². The highest BCUT2D eigenvalue weighted by molar-refractivity contribution is 5.76. The minimum absolute atomic E-state index is 0.198. The second-order valence-corrected chi connectivity index (χ2v) is 7.51. The molecule has 3 rings (SSSR count). The van der Waals surface area contributed by atoms with Gasteiger partial charge in [-0.1, -0.05) is 18.2 Å². The summed E-state index contributed by atoms with van der Waals surface area (Å²) in [6, 6.07) is 8.69. The van der Waals surface area contributed by atoms with Gasteiger partial charge in [0.2, 0.25) is 6.29 Å². The zero-order valence-corrected chi connectivity index (χ0v) is 19.4. The predicted molar refractivity (Wildman–Crippen MR) is 122 cm³/mol. The Hall–Kier alpha value is -3.02. The van der Waals surface area contributed by atoms with Crippen LogP contribution in [-0.2, 0) is 4.74 Å². The molecule has 4 N–H and O–H groups in total. The van der Waals surface area contributed by atoms with Crippen molar-refractivity contribution in [1.29, 1.82) is 0 Å². The molecule has 34 heavy (non-hydrogen) atoms. The largest absolute Gasteiger partial charge is 0.497 e. The van der Waals surface area contributed by atoms with Gasteiger partial charge in [0.25, 0.3) is 0 Å². The van der Waals surface area contributed by atoms with Crippen LogP contribution < -0.4 is 23.7 Å². The summed E-state index contributed by atoms with van der Waals surface area (Å²) >= 11 is 0. The summed E-state index contributed by atoms with van der Waals surface area (Å²) in [6.07, 6.45) is -3.60. The van der Waals surface area contributed by atoms with Crippen LogP contribution in [0.3, 0.4) is 0 Å². The van der Waals surface area contributed by atoms with Crippen molar-refractivity contribution >= 4 is 12.2 Å². The Morgan fingerprint density at radius 1 is 0.794 bits per heavy atom. The third-order valence-corrected chi connectivity index (χ3v) is 5.46. The maximum absolute atomic E-state index is 10.4. The number of ether oxygens (including phenoxy) is 6. The molecule has 0 amide bonds. The van der Waals surface area contributed by atoms with Crippen molar-refractivity contribution in [2.24, 2.45) is 0 Å². The van der Waals surface area contributed by atoms with Gasteiger partial charge in [-0.3, -0.25) is 0 Å². The van der Waals surface area contributed by atoms with Gasteiger partial charge >= 0.3 is 0 Å². The van der Waals surface area contributed by atoms with Crippen LogP contribution in [0.5, 0.6) is 28.7 Å². The molecule has 0 aliphatic carbocycles. The maximum atomic E-state index is 10.4. The summed E-state index contributed by atoms with van der Waals surface area (Å²) < 4.78 is 32.8. The Kier molecular flexibility index (Phi) is 8.59. The molecule has 0 saturated carbocycles. The standard InChI is InChI=1S/C24H30O10/c1-29-15-10-14(7-5-13-6-8-16(30-2)17(9-13)31-3)23(18(11-15)32-4)34-24-22(28)21(27)20(26)19(12-25)33-24/h5-11,19-22,24-28H,12H2,1-4H3/b7-5+/t19-,20+,21+,22-,24-/m1/s1. The number of hydrogen-bond acceptors (Lipinski definition) is 10. The lowest BCUT2D eigenvalue weighted by Crippen LogP contribution is -2.60. The first kappa shape index (κ1) is 25.6. The van der Waals surface area contributed by atoms with Crippen LogP contribution in [0.4, 0.5) is 0 Å². The lowest BCUT2D eigenvalue weighted by atomic mass is 9.99. The van der Waals surface area contributed by atoms with Gasteiger partial charge in [-0.15, -0.1) is 0 Å². The number of hydrogen-bond donors (Lipinski definition) is 4. The second kappa shape index (κ2) is 11.4. The summed E-state index contributed by atoms with van der Waals surface area (Å²) in [4.78, 5) is 0. The van der Waals surface area contributed by atoms with Crippen molar-refractivity contribution in [2.45, 2.75) is 30.7 Å². The molecule has 1 heterocycles. The Balaban J connectivity index is 1.98. The van der Waals surface area contributed by atoms with E-state index >= 15 is 0 Å². The van der Waals surface area contributed by atoms with E-state index in [4.69, 9.17) is 28.4 Å². The molecule has 1 aliphatic rings. The van der Waals surface area contributed by atoms with E-state index in [-0.39, 0.29) is 11.5 Å². The van der Waals surface area contributed by atoms with E-state index in [1.807, 2.05) is 6.07 Å². The molecule has 1 fully saturated rings. The first-order valence-corrected chi connectivity index (χ1v) is 10.5. The molecule has 1 saturated heterocycles. The van der Waals surface area contributed by atoms with Crippen molar-refractivity contribution in [3.63, 3.8) is 0 Å². The van der Waals surface area contributed by atoms with Crippen LogP contribution in [0.2, 0.25) is 0 Å². The van der Waals surface area contributed by atoms with Crippen molar-refractivity contribution < 1.29 is 48.8 Å². The quantitative estimate of drug-likeness (QED) is 0.388. The molecule has 10 heteroatoms. The van der Waals surface area contributed by atoms with Crippen LogP contribution in [0.1, 0.15) is 11.1 Å². The molecule has 186 valence electrons. The second-order valence-electron chi connectivity index (χ2n) is 7.51. The molecule has 0 aromatic heterocycles. The van der Waals surface area contributed by atoms with Gasteiger partial charge in [-0.2, -0.15) is 0 Å². The zero-order valence-electron chi connectivity index (χ0n) is 19.4. The van der Waals surface area contributed by atoms with Crippen LogP contribution in [0.15, 0.2) is 30.3 Å². The normalized spacial score (nSPS) is 24.6. The van der Waals surface area contributed by atoms with E-state index in [1.54, 1.807) is 50.6 Å². The molecule has 10 nitrogen and oxygen atoms in total. The average Bonchev–Trinajstić information content (AvgIpc) is 2.87. The highest BCUT2D eigenvalue weighted by Crippen LogP contribution is 2.39. The minimum atomic E-state index is -1.58. The molecule has 5 atom stereocenters. The first-order chi connectivity index (χ1) is 16.4. The van der Waals surface area contributed by atoms with Gasteiger partial charge in [0, 0.05) is 11.6 Å². The molecule has 0 radical (unpaired) electrons. The van der Waals surface area contributed by atoms with Crippen molar-refractivity contribution in [3.05, 3.63) is 41.5 Å². The minimum Gasteiger partial charge on any atom is -0.497 e. The van der Waals surface area contributed by atoms with Gasteiger partial charge in [-0.25, -0.2) is 0 Å². The van der Waals surface area contributed by atoms with Gasteiger partial charge in [-0.05, 0) is 23.8 Å². The van der Waals surface area contributed by atoms with Crippen LogP contribution >= 0.6 is 0 Å². The van der Waals surface area contributed by atoms with Crippen molar-refractivity contribution in [2.75, 3.05) is 35.0 Å². The Labute approximate surface area is 197 Å². The Morgan fingerprint density at radius 2 is 1.50 bits per heavy atom. The van der Waals surface area contributed by atoms with Gasteiger partial charge in [0.15, 0.2) is 23.0 Å². The average molecular weight is 478 g/mol. The highest BCUT2D eigenvalue weighted by atomic mass is 16.7. The van der Waals surface area contributed by atoms with Crippen LogP contribution in [0, 0.1) is 0 Å². The molecule has 0 spiro atoms. The van der Waals surface area contributed by atoms with Gasteiger partial charge in [0.1, 0.15) is 30.2 Å². The zero-order chi connectivity index (χ0) is 24.8. The van der Waals surface area contributed by atoms with Crippen molar-refractivity contribution in [3.8, 4) is 28.7 Å². The lowest BCUT2D eigenvalue weighted by Gasteiger charge is -2.39.